The highest BCUT2D eigenvalue weighted by Crippen LogP contribution is 2.23. The summed E-state index contributed by atoms with van der Waals surface area (Å²) < 4.78 is 0. The number of carboxylic acid groups (broad SMARTS) is 1. The normalized spacial score (nSPS) is 10.2. The molecule has 0 aliphatic carbocycles. The third kappa shape index (κ3) is 3.00. The van der Waals surface area contributed by atoms with Crippen molar-refractivity contribution in [2.75, 3.05) is 11.4 Å². The number of thiophene rings is 1. The van der Waals surface area contributed by atoms with E-state index >= 15 is 0 Å². The van der Waals surface area contributed by atoms with Gasteiger partial charge in [-0.2, -0.15) is 0 Å². The van der Waals surface area contributed by atoms with Crippen LogP contribution in [0.1, 0.15) is 15.2 Å². The van der Waals surface area contributed by atoms with Gasteiger partial charge in [0.1, 0.15) is 6.54 Å². The Hall–Kier alpha value is -2.14. The van der Waals surface area contributed by atoms with Crippen LogP contribution in [0.25, 0.3) is 0 Å². The molecule has 0 aliphatic rings. The number of nitrogens with zero attached hydrogens (tertiary/aromatic N) is 1. The molecule has 0 aliphatic heterocycles. The first-order chi connectivity index (χ1) is 9.09. The molecule has 2 rings (SSSR count). The van der Waals surface area contributed by atoms with E-state index in [0.29, 0.717) is 10.6 Å². The summed E-state index contributed by atoms with van der Waals surface area (Å²) in [6, 6.07) is 10.7. The van der Waals surface area contributed by atoms with Crippen LogP contribution in [-0.4, -0.2) is 23.5 Å². The SMILES string of the molecule is Cc1ccccc1N(CC(=O)O)C(=O)c1cccs1. The van der Waals surface area contributed by atoms with Gasteiger partial charge in [-0.1, -0.05) is 24.3 Å². The number of para-hydroxylation sites is 1. The lowest BCUT2D eigenvalue weighted by Crippen LogP contribution is -2.35. The quantitative estimate of drug-likeness (QED) is 0.933. The Morgan fingerprint density at radius 2 is 1.95 bits per heavy atom. The van der Waals surface area contributed by atoms with Crippen LogP contribution in [0.5, 0.6) is 0 Å². The minimum absolute atomic E-state index is 0.285. The predicted octanol–water partition coefficient (Wildman–Crippen LogP) is 2.79. The van der Waals surface area contributed by atoms with Crippen LogP contribution in [0.15, 0.2) is 41.8 Å². The highest BCUT2D eigenvalue weighted by Gasteiger charge is 2.22. The number of hydrogen-bond acceptors (Lipinski definition) is 3. The minimum atomic E-state index is -1.03. The van der Waals surface area contributed by atoms with Crippen molar-refractivity contribution >= 4 is 28.9 Å². The summed E-state index contributed by atoms with van der Waals surface area (Å²) in [4.78, 5) is 25.2. The highest BCUT2D eigenvalue weighted by molar-refractivity contribution is 7.12. The van der Waals surface area contributed by atoms with Gasteiger partial charge in [0.05, 0.1) is 4.88 Å². The second-order valence-corrected chi connectivity index (χ2v) is 5.00. The van der Waals surface area contributed by atoms with Crippen LogP contribution in [0.2, 0.25) is 0 Å². The van der Waals surface area contributed by atoms with Crippen molar-refractivity contribution in [1.29, 1.82) is 0 Å². The van der Waals surface area contributed by atoms with Crippen molar-refractivity contribution in [1.82, 2.24) is 0 Å². The molecule has 0 fully saturated rings. The zero-order valence-electron chi connectivity index (χ0n) is 10.4. The smallest absolute Gasteiger partial charge is 0.323 e. The van der Waals surface area contributed by atoms with Gasteiger partial charge in [-0.15, -0.1) is 11.3 Å². The Bertz CT molecular complexity index is 592. The number of hydrogen-bond donors (Lipinski definition) is 1. The standard InChI is InChI=1S/C14H13NO3S/c1-10-5-2-3-6-11(10)15(9-13(16)17)14(18)12-7-4-8-19-12/h2-8H,9H2,1H3,(H,16,17). The van der Waals surface area contributed by atoms with E-state index in [1.54, 1.807) is 29.6 Å². The summed E-state index contributed by atoms with van der Waals surface area (Å²) >= 11 is 1.30. The average molecular weight is 275 g/mol. The monoisotopic (exact) mass is 275 g/mol. The maximum Gasteiger partial charge on any atom is 0.323 e. The molecule has 1 N–H and O–H groups in total. The van der Waals surface area contributed by atoms with Gasteiger partial charge in [-0.3, -0.25) is 14.5 Å². The van der Waals surface area contributed by atoms with Crippen LogP contribution < -0.4 is 4.90 Å². The van der Waals surface area contributed by atoms with Crippen LogP contribution >= 0.6 is 11.3 Å². The molecule has 1 amide bonds. The number of amides is 1. The molecule has 0 saturated carbocycles. The molecule has 1 aromatic carbocycles. The van der Waals surface area contributed by atoms with Gasteiger partial charge < -0.3 is 5.11 Å². The summed E-state index contributed by atoms with van der Waals surface area (Å²) in [6.07, 6.45) is 0. The molecule has 0 spiro atoms. The van der Waals surface area contributed by atoms with E-state index in [1.807, 2.05) is 19.1 Å². The van der Waals surface area contributed by atoms with Gasteiger partial charge in [0.25, 0.3) is 5.91 Å². The molecule has 4 nitrogen and oxygen atoms in total. The molecule has 0 saturated heterocycles. The number of anilines is 1. The number of rotatable bonds is 4. The van der Waals surface area contributed by atoms with Gasteiger partial charge in [-0.25, -0.2) is 0 Å². The molecular formula is C14H13NO3S. The molecule has 19 heavy (non-hydrogen) atoms. The van der Waals surface area contributed by atoms with Crippen LogP contribution in [0.4, 0.5) is 5.69 Å². The number of carboxylic acids is 1. The summed E-state index contributed by atoms with van der Waals surface area (Å²) in [7, 11) is 0. The maximum absolute atomic E-state index is 12.4. The molecule has 0 radical (unpaired) electrons. The second kappa shape index (κ2) is 5.67. The van der Waals surface area contributed by atoms with Gasteiger partial charge >= 0.3 is 5.97 Å². The molecule has 0 atom stereocenters. The van der Waals surface area contributed by atoms with E-state index < -0.39 is 5.97 Å². The highest BCUT2D eigenvalue weighted by atomic mass is 32.1. The molecule has 5 heteroatoms. The summed E-state index contributed by atoms with van der Waals surface area (Å²) in [5, 5.41) is 10.8. The third-order valence-corrected chi connectivity index (χ3v) is 3.53. The maximum atomic E-state index is 12.4. The number of carbonyl (C=O) groups is 2. The molecular weight excluding hydrogens is 262 g/mol. The van der Waals surface area contributed by atoms with Gasteiger partial charge in [0.2, 0.25) is 0 Å². The van der Waals surface area contributed by atoms with Gasteiger partial charge in [-0.05, 0) is 30.0 Å². The summed E-state index contributed by atoms with van der Waals surface area (Å²) in [5.74, 6) is -1.32. The van der Waals surface area contributed by atoms with E-state index in [1.165, 1.54) is 16.2 Å². The van der Waals surface area contributed by atoms with Crippen molar-refractivity contribution in [3.8, 4) is 0 Å². The Morgan fingerprint density at radius 1 is 1.21 bits per heavy atom. The van der Waals surface area contributed by atoms with Crippen LogP contribution in [0, 0.1) is 6.92 Å². The van der Waals surface area contributed by atoms with Crippen LogP contribution in [0.3, 0.4) is 0 Å². The fourth-order valence-electron chi connectivity index (χ4n) is 1.80. The summed E-state index contributed by atoms with van der Waals surface area (Å²) in [5.41, 5.74) is 1.50. The Morgan fingerprint density at radius 3 is 2.53 bits per heavy atom. The predicted molar refractivity (Wildman–Crippen MR) is 74.8 cm³/mol. The average Bonchev–Trinajstić information content (AvgIpc) is 2.90. The van der Waals surface area contributed by atoms with Crippen molar-refractivity contribution in [3.05, 3.63) is 52.2 Å². The van der Waals surface area contributed by atoms with Gasteiger partial charge in [0.15, 0.2) is 0 Å². The fraction of sp³-hybridized carbons (Fsp3) is 0.143. The minimum Gasteiger partial charge on any atom is -0.480 e. The summed E-state index contributed by atoms with van der Waals surface area (Å²) in [6.45, 7) is 1.51. The van der Waals surface area contributed by atoms with E-state index in [0.717, 1.165) is 5.56 Å². The van der Waals surface area contributed by atoms with Crippen molar-refractivity contribution in [3.63, 3.8) is 0 Å². The molecule has 2 aromatic rings. The first-order valence-corrected chi connectivity index (χ1v) is 6.60. The van der Waals surface area contributed by atoms with E-state index in [2.05, 4.69) is 0 Å². The largest absolute Gasteiger partial charge is 0.480 e. The fourth-order valence-corrected chi connectivity index (χ4v) is 2.47. The molecule has 1 heterocycles. The Balaban J connectivity index is 2.39. The van der Waals surface area contributed by atoms with Crippen molar-refractivity contribution in [2.24, 2.45) is 0 Å². The third-order valence-electron chi connectivity index (χ3n) is 2.68. The Kier molecular flexibility index (Phi) is 3.97. The molecule has 98 valence electrons. The molecule has 1 aromatic heterocycles. The number of benzene rings is 1. The first kappa shape index (κ1) is 13.3. The lowest BCUT2D eigenvalue weighted by molar-refractivity contribution is -0.135. The van der Waals surface area contributed by atoms with E-state index in [4.69, 9.17) is 5.11 Å². The van der Waals surface area contributed by atoms with Crippen molar-refractivity contribution < 1.29 is 14.7 Å². The second-order valence-electron chi connectivity index (χ2n) is 4.05. The first-order valence-electron chi connectivity index (χ1n) is 5.72. The van der Waals surface area contributed by atoms with Crippen molar-refractivity contribution in [2.45, 2.75) is 6.92 Å². The number of carbonyl (C=O) groups excluding carboxylic acids is 1. The molecule has 0 unspecified atom stereocenters. The van der Waals surface area contributed by atoms with E-state index in [9.17, 15) is 9.59 Å². The zero-order chi connectivity index (χ0) is 13.8. The topological polar surface area (TPSA) is 57.6 Å². The lowest BCUT2D eigenvalue weighted by Gasteiger charge is -2.22. The number of aryl methyl sites for hydroxylation is 1. The molecule has 0 bridgehead atoms. The van der Waals surface area contributed by atoms with E-state index in [-0.39, 0.29) is 12.5 Å². The number of aliphatic carboxylic acids is 1. The lowest BCUT2D eigenvalue weighted by atomic mass is 10.1. The van der Waals surface area contributed by atoms with Gasteiger partial charge in [0, 0.05) is 5.69 Å². The Labute approximate surface area is 114 Å². The zero-order valence-corrected chi connectivity index (χ0v) is 11.2. The van der Waals surface area contributed by atoms with Crippen LogP contribution in [-0.2, 0) is 4.79 Å².